The van der Waals surface area contributed by atoms with E-state index in [9.17, 15) is 10.1 Å². The van der Waals surface area contributed by atoms with E-state index in [1.54, 1.807) is 18.2 Å². The summed E-state index contributed by atoms with van der Waals surface area (Å²) in [6.45, 7) is 11.2. The molecule has 1 aromatic rings. The Balaban J connectivity index is 2.04. The van der Waals surface area contributed by atoms with Crippen molar-refractivity contribution in [3.05, 3.63) is 39.9 Å². The number of aliphatic imine (C=N–C) groups is 1. The number of nitrogens with one attached hydrogen (secondary N) is 2. The number of rotatable bonds is 6. The zero-order valence-electron chi connectivity index (χ0n) is 16.8. The number of benzene rings is 1. The van der Waals surface area contributed by atoms with Crippen LogP contribution in [0.4, 0.5) is 5.69 Å². The lowest BCUT2D eigenvalue weighted by atomic mass is 9.78. The van der Waals surface area contributed by atoms with Gasteiger partial charge >= 0.3 is 0 Å². The molecule has 0 amide bonds. The monoisotopic (exact) mass is 376 g/mol. The smallest absolute Gasteiger partial charge is 0.274 e. The lowest BCUT2D eigenvalue weighted by Crippen LogP contribution is -2.47. The number of nitro groups is 1. The zero-order valence-corrected chi connectivity index (χ0v) is 16.8. The summed E-state index contributed by atoms with van der Waals surface area (Å²) >= 11 is 0. The van der Waals surface area contributed by atoms with E-state index in [4.69, 9.17) is 4.74 Å². The summed E-state index contributed by atoms with van der Waals surface area (Å²) < 4.78 is 6.04. The molecule has 1 heterocycles. The lowest BCUT2D eigenvalue weighted by molar-refractivity contribution is -0.385. The topological polar surface area (TPSA) is 88.8 Å². The minimum absolute atomic E-state index is 0.0902. The molecule has 0 aliphatic carbocycles. The van der Waals surface area contributed by atoms with Crippen LogP contribution >= 0.6 is 0 Å². The van der Waals surface area contributed by atoms with Gasteiger partial charge in [-0.05, 0) is 25.2 Å². The maximum Gasteiger partial charge on any atom is 0.274 e. The second-order valence-corrected chi connectivity index (χ2v) is 8.02. The summed E-state index contributed by atoms with van der Waals surface area (Å²) in [7, 11) is 0. The molecule has 0 spiro atoms. The summed E-state index contributed by atoms with van der Waals surface area (Å²) in [6, 6.07) is 6.73. The van der Waals surface area contributed by atoms with Crippen LogP contribution in [0.3, 0.4) is 0 Å². The molecule has 1 saturated heterocycles. The average Bonchev–Trinajstić information content (AvgIpc) is 2.63. The van der Waals surface area contributed by atoms with E-state index >= 15 is 0 Å². The van der Waals surface area contributed by atoms with Crippen LogP contribution in [0.1, 0.15) is 46.1 Å². The first-order valence-corrected chi connectivity index (χ1v) is 9.69. The van der Waals surface area contributed by atoms with Gasteiger partial charge in [0.2, 0.25) is 0 Å². The third-order valence-electron chi connectivity index (χ3n) is 4.77. The van der Waals surface area contributed by atoms with Crippen LogP contribution in [-0.4, -0.2) is 36.7 Å². The summed E-state index contributed by atoms with van der Waals surface area (Å²) in [5.41, 5.74) is 0.797. The van der Waals surface area contributed by atoms with E-state index in [1.165, 1.54) is 6.07 Å². The molecule has 150 valence electrons. The Morgan fingerprint density at radius 3 is 2.74 bits per heavy atom. The second-order valence-electron chi connectivity index (χ2n) is 8.02. The maximum absolute atomic E-state index is 11.2. The van der Waals surface area contributed by atoms with Gasteiger partial charge in [0, 0.05) is 31.7 Å². The largest absolute Gasteiger partial charge is 0.377 e. The lowest BCUT2D eigenvalue weighted by Gasteiger charge is -2.40. The molecule has 0 aromatic heterocycles. The van der Waals surface area contributed by atoms with Gasteiger partial charge in [-0.3, -0.25) is 10.1 Å². The first kappa shape index (κ1) is 21.2. The fraction of sp³-hybridized carbons (Fsp3) is 0.650. The van der Waals surface area contributed by atoms with Gasteiger partial charge in [-0.25, -0.2) is 4.99 Å². The molecule has 2 unspecified atom stereocenters. The molecule has 27 heavy (non-hydrogen) atoms. The quantitative estimate of drug-likeness (QED) is 0.343. The van der Waals surface area contributed by atoms with Crippen LogP contribution in [0.5, 0.6) is 0 Å². The van der Waals surface area contributed by atoms with Crippen molar-refractivity contribution in [2.75, 3.05) is 19.7 Å². The Hall–Kier alpha value is -2.15. The van der Waals surface area contributed by atoms with Gasteiger partial charge < -0.3 is 15.4 Å². The number of guanidine groups is 1. The molecule has 1 aliphatic rings. The van der Waals surface area contributed by atoms with E-state index in [0.717, 1.165) is 32.5 Å². The summed E-state index contributed by atoms with van der Waals surface area (Å²) in [5.74, 6) is 1.09. The minimum Gasteiger partial charge on any atom is -0.377 e. The van der Waals surface area contributed by atoms with E-state index < -0.39 is 0 Å². The van der Waals surface area contributed by atoms with E-state index in [1.807, 2.05) is 6.92 Å². The Morgan fingerprint density at radius 1 is 1.33 bits per heavy atom. The Bertz CT molecular complexity index is 655. The fourth-order valence-electron chi connectivity index (χ4n) is 3.57. The predicted octanol–water partition coefficient (Wildman–Crippen LogP) is 3.49. The van der Waals surface area contributed by atoms with Gasteiger partial charge in [0.15, 0.2) is 5.96 Å². The van der Waals surface area contributed by atoms with Crippen LogP contribution in [0.25, 0.3) is 0 Å². The van der Waals surface area contributed by atoms with Crippen molar-refractivity contribution in [1.82, 2.24) is 10.6 Å². The molecular formula is C20H32N4O3. The predicted molar refractivity (Wildman–Crippen MR) is 108 cm³/mol. The van der Waals surface area contributed by atoms with Crippen molar-refractivity contribution in [3.63, 3.8) is 0 Å². The molecule has 0 saturated carbocycles. The Morgan fingerprint density at radius 2 is 2.07 bits per heavy atom. The first-order chi connectivity index (χ1) is 12.8. The Labute approximate surface area is 161 Å². The van der Waals surface area contributed by atoms with Gasteiger partial charge in [0.1, 0.15) is 0 Å². The van der Waals surface area contributed by atoms with Crippen LogP contribution in [0, 0.1) is 21.4 Å². The summed E-state index contributed by atoms with van der Waals surface area (Å²) in [6.07, 6.45) is 2.40. The molecule has 7 nitrogen and oxygen atoms in total. The van der Waals surface area contributed by atoms with E-state index in [-0.39, 0.29) is 28.7 Å². The zero-order chi connectivity index (χ0) is 19.9. The molecule has 1 aliphatic heterocycles. The molecule has 1 fully saturated rings. The van der Waals surface area contributed by atoms with Crippen LogP contribution in [0.2, 0.25) is 0 Å². The number of hydrogen-bond acceptors (Lipinski definition) is 4. The van der Waals surface area contributed by atoms with E-state index in [2.05, 4.69) is 36.4 Å². The third kappa shape index (κ3) is 6.20. The van der Waals surface area contributed by atoms with Crippen molar-refractivity contribution < 1.29 is 9.66 Å². The van der Waals surface area contributed by atoms with Crippen LogP contribution < -0.4 is 10.6 Å². The van der Waals surface area contributed by atoms with Crippen molar-refractivity contribution in [1.29, 1.82) is 0 Å². The van der Waals surface area contributed by atoms with Gasteiger partial charge in [0.25, 0.3) is 5.69 Å². The SMILES string of the molecule is CCNC(=NCc1ccccc1[N+](=O)[O-])NCC1CCCOC1C(C)(C)C. The highest BCUT2D eigenvalue weighted by Crippen LogP contribution is 2.33. The van der Waals surface area contributed by atoms with Gasteiger partial charge in [-0.15, -0.1) is 0 Å². The number of hydrogen-bond donors (Lipinski definition) is 2. The number of para-hydroxylation sites is 1. The van der Waals surface area contributed by atoms with Crippen LogP contribution in [0.15, 0.2) is 29.3 Å². The van der Waals surface area contributed by atoms with Crippen molar-refractivity contribution in [3.8, 4) is 0 Å². The molecule has 1 aromatic carbocycles. The highest BCUT2D eigenvalue weighted by molar-refractivity contribution is 5.79. The van der Waals surface area contributed by atoms with Crippen LogP contribution in [-0.2, 0) is 11.3 Å². The van der Waals surface area contributed by atoms with E-state index in [0.29, 0.717) is 17.4 Å². The second kappa shape index (κ2) is 9.69. The van der Waals surface area contributed by atoms with Gasteiger partial charge in [0.05, 0.1) is 23.1 Å². The van der Waals surface area contributed by atoms with Gasteiger partial charge in [-0.1, -0.05) is 39.0 Å². The third-order valence-corrected chi connectivity index (χ3v) is 4.77. The molecule has 0 radical (unpaired) electrons. The molecule has 0 bridgehead atoms. The van der Waals surface area contributed by atoms with Crippen molar-refractivity contribution >= 4 is 11.6 Å². The molecular weight excluding hydrogens is 344 g/mol. The molecule has 2 atom stereocenters. The molecule has 2 N–H and O–H groups in total. The Kier molecular flexibility index (Phi) is 7.59. The molecule has 7 heteroatoms. The molecule has 2 rings (SSSR count). The standard InChI is InChI=1S/C20H32N4O3/c1-5-21-19(22-13-15-9-6-7-11-17(15)24(25)26)23-14-16-10-8-12-27-18(16)20(2,3)4/h6-7,9,11,16,18H,5,8,10,12-14H2,1-4H3,(H2,21,22,23). The minimum atomic E-state index is -0.363. The highest BCUT2D eigenvalue weighted by atomic mass is 16.6. The average molecular weight is 377 g/mol. The first-order valence-electron chi connectivity index (χ1n) is 9.69. The highest BCUT2D eigenvalue weighted by Gasteiger charge is 2.35. The van der Waals surface area contributed by atoms with Crippen molar-refractivity contribution in [2.45, 2.75) is 53.2 Å². The number of nitrogens with zero attached hydrogens (tertiary/aromatic N) is 2. The summed E-state index contributed by atoms with van der Waals surface area (Å²) in [4.78, 5) is 15.4. The summed E-state index contributed by atoms with van der Waals surface area (Å²) in [5, 5.41) is 17.8. The van der Waals surface area contributed by atoms with Gasteiger partial charge in [-0.2, -0.15) is 0 Å². The maximum atomic E-state index is 11.2. The normalized spacial score (nSPS) is 21.0. The fourth-order valence-corrected chi connectivity index (χ4v) is 3.57. The number of ether oxygens (including phenoxy) is 1. The van der Waals surface area contributed by atoms with Crippen molar-refractivity contribution in [2.24, 2.45) is 16.3 Å². The number of nitro benzene ring substituents is 1.